The van der Waals surface area contributed by atoms with E-state index in [0.717, 1.165) is 17.2 Å². The van der Waals surface area contributed by atoms with Crippen LogP contribution in [0.15, 0.2) is 0 Å². The summed E-state index contributed by atoms with van der Waals surface area (Å²) in [6.45, 7) is 8.74. The molecule has 18 heavy (non-hydrogen) atoms. The second kappa shape index (κ2) is 5.71. The van der Waals surface area contributed by atoms with Crippen LogP contribution in [-0.2, 0) is 5.41 Å². The first-order valence-electron chi connectivity index (χ1n) is 5.67. The molecule has 1 aromatic heterocycles. The molecule has 1 heterocycles. The van der Waals surface area contributed by atoms with Crippen molar-refractivity contribution in [3.63, 3.8) is 0 Å². The molecule has 0 atom stereocenters. The van der Waals surface area contributed by atoms with Gasteiger partial charge < -0.3 is 10.6 Å². The number of rotatable bonds is 4. The highest BCUT2D eigenvalue weighted by Gasteiger charge is 2.28. The van der Waals surface area contributed by atoms with E-state index >= 15 is 0 Å². The maximum absolute atomic E-state index is 12.4. The molecule has 0 spiro atoms. The molecule has 5 nitrogen and oxygen atoms in total. The third kappa shape index (κ3) is 3.46. The number of aromatic nitrogens is 2. The van der Waals surface area contributed by atoms with Gasteiger partial charge in [-0.2, -0.15) is 0 Å². The summed E-state index contributed by atoms with van der Waals surface area (Å²) in [7, 11) is 0. The van der Waals surface area contributed by atoms with Crippen molar-refractivity contribution in [2.75, 3.05) is 13.1 Å². The van der Waals surface area contributed by atoms with Crippen LogP contribution in [0.1, 0.15) is 43.1 Å². The summed E-state index contributed by atoms with van der Waals surface area (Å²) in [5, 5.41) is 4.06. The molecular weight excluding hydrogens is 268 g/mol. The van der Waals surface area contributed by atoms with E-state index in [0.29, 0.717) is 16.4 Å². The quantitative estimate of drug-likeness (QED) is 0.851. The van der Waals surface area contributed by atoms with Crippen molar-refractivity contribution < 1.29 is 4.79 Å². The molecule has 1 amide bonds. The highest BCUT2D eigenvalue weighted by Crippen LogP contribution is 2.26. The summed E-state index contributed by atoms with van der Waals surface area (Å²) in [6.07, 6.45) is 0. The monoisotopic (exact) mass is 286 g/mol. The van der Waals surface area contributed by atoms with E-state index in [-0.39, 0.29) is 17.9 Å². The molecule has 1 aromatic rings. The molecule has 7 heteroatoms. The fraction of sp³-hybridized carbons (Fsp3) is 0.636. The Bertz CT molecular complexity index is 450. The lowest BCUT2D eigenvalue weighted by molar-refractivity contribution is 0.0790. The van der Waals surface area contributed by atoms with E-state index in [1.54, 1.807) is 4.90 Å². The third-order valence-corrected chi connectivity index (χ3v) is 3.25. The van der Waals surface area contributed by atoms with Crippen molar-refractivity contribution in [1.29, 1.82) is 0 Å². The van der Waals surface area contributed by atoms with E-state index in [1.165, 1.54) is 0 Å². The van der Waals surface area contributed by atoms with Gasteiger partial charge in [-0.05, 0) is 18.5 Å². The second-order valence-corrected chi connectivity index (χ2v) is 6.26. The van der Waals surface area contributed by atoms with Gasteiger partial charge >= 0.3 is 0 Å². The number of hydrogen-bond donors (Lipinski definition) is 1. The minimum absolute atomic E-state index is 0.106. The SMILES string of the molecule is CCN(CC(N)=S)C(=O)c1snnc1C(C)(C)C. The molecule has 1 rings (SSSR count). The number of thiocarbonyl (C=S) groups is 1. The molecule has 100 valence electrons. The first-order valence-corrected chi connectivity index (χ1v) is 6.86. The number of hydrogen-bond acceptors (Lipinski definition) is 5. The molecule has 0 unspecified atom stereocenters. The predicted octanol–water partition coefficient (Wildman–Crippen LogP) is 1.58. The molecule has 0 radical (unpaired) electrons. The summed E-state index contributed by atoms with van der Waals surface area (Å²) >= 11 is 5.97. The lowest BCUT2D eigenvalue weighted by Crippen LogP contribution is -2.38. The van der Waals surface area contributed by atoms with Crippen molar-refractivity contribution >= 4 is 34.6 Å². The number of nitrogens with two attached hydrogens (primary N) is 1. The minimum Gasteiger partial charge on any atom is -0.392 e. The van der Waals surface area contributed by atoms with Gasteiger partial charge in [0.2, 0.25) is 0 Å². The molecule has 2 N–H and O–H groups in total. The summed E-state index contributed by atoms with van der Waals surface area (Å²) < 4.78 is 3.89. The zero-order valence-corrected chi connectivity index (χ0v) is 12.7. The van der Waals surface area contributed by atoms with Crippen LogP contribution in [0.4, 0.5) is 0 Å². The lowest BCUT2D eigenvalue weighted by atomic mass is 9.91. The van der Waals surface area contributed by atoms with Crippen LogP contribution in [0, 0.1) is 0 Å². The Balaban J connectivity index is 3.03. The molecule has 0 aromatic carbocycles. The topological polar surface area (TPSA) is 72.1 Å². The molecule has 0 aliphatic rings. The van der Waals surface area contributed by atoms with Crippen molar-refractivity contribution in [3.8, 4) is 0 Å². The molecule has 0 fully saturated rings. The van der Waals surface area contributed by atoms with Gasteiger partial charge in [-0.15, -0.1) is 5.10 Å². The summed E-state index contributed by atoms with van der Waals surface area (Å²) in [4.78, 5) is 14.9. The predicted molar refractivity (Wildman–Crippen MR) is 77.0 cm³/mol. The molecule has 0 saturated carbocycles. The van der Waals surface area contributed by atoms with Crippen LogP contribution in [0.25, 0.3) is 0 Å². The maximum atomic E-state index is 12.4. The summed E-state index contributed by atoms with van der Waals surface area (Å²) in [6, 6.07) is 0. The molecule has 0 saturated heterocycles. The molecular formula is C11H18N4OS2. The largest absolute Gasteiger partial charge is 0.392 e. The third-order valence-electron chi connectivity index (χ3n) is 2.41. The van der Waals surface area contributed by atoms with Gasteiger partial charge in [0.1, 0.15) is 4.88 Å². The van der Waals surface area contributed by atoms with Gasteiger partial charge in [-0.25, -0.2) is 0 Å². The van der Waals surface area contributed by atoms with Gasteiger partial charge in [0.05, 0.1) is 17.2 Å². The van der Waals surface area contributed by atoms with Crippen LogP contribution in [0.3, 0.4) is 0 Å². The molecule has 0 aliphatic carbocycles. The van der Waals surface area contributed by atoms with Crippen molar-refractivity contribution in [2.24, 2.45) is 5.73 Å². The Kier molecular flexibility index (Phi) is 4.75. The fourth-order valence-corrected chi connectivity index (χ4v) is 2.48. The number of carbonyl (C=O) groups excluding carboxylic acids is 1. The fourth-order valence-electron chi connectivity index (χ4n) is 1.48. The second-order valence-electron chi connectivity index (χ2n) is 4.99. The Morgan fingerprint density at radius 1 is 1.50 bits per heavy atom. The average Bonchev–Trinajstić information content (AvgIpc) is 2.72. The van der Waals surface area contributed by atoms with Gasteiger partial charge in [-0.1, -0.05) is 37.5 Å². The number of likely N-dealkylation sites (N-methyl/N-ethyl adjacent to an activating group) is 1. The first kappa shape index (κ1) is 15.0. The van der Waals surface area contributed by atoms with E-state index in [9.17, 15) is 4.79 Å². The number of carbonyl (C=O) groups is 1. The van der Waals surface area contributed by atoms with Crippen molar-refractivity contribution in [2.45, 2.75) is 33.1 Å². The van der Waals surface area contributed by atoms with E-state index in [2.05, 4.69) is 9.59 Å². The van der Waals surface area contributed by atoms with E-state index in [1.807, 2.05) is 27.7 Å². The van der Waals surface area contributed by atoms with Crippen molar-refractivity contribution in [3.05, 3.63) is 10.6 Å². The van der Waals surface area contributed by atoms with E-state index < -0.39 is 0 Å². The Labute approximate surface area is 117 Å². The summed E-state index contributed by atoms with van der Waals surface area (Å²) in [5.41, 5.74) is 6.01. The van der Waals surface area contributed by atoms with Gasteiger partial charge in [-0.3, -0.25) is 4.79 Å². The minimum atomic E-state index is -0.208. The van der Waals surface area contributed by atoms with Gasteiger partial charge in [0, 0.05) is 12.0 Å². The van der Waals surface area contributed by atoms with Crippen molar-refractivity contribution in [1.82, 2.24) is 14.5 Å². The first-order chi connectivity index (χ1) is 8.27. The van der Waals surface area contributed by atoms with Crippen LogP contribution < -0.4 is 5.73 Å². The summed E-state index contributed by atoms with van der Waals surface area (Å²) in [5.74, 6) is -0.106. The maximum Gasteiger partial charge on any atom is 0.267 e. The van der Waals surface area contributed by atoms with E-state index in [4.69, 9.17) is 18.0 Å². The molecule has 0 aliphatic heterocycles. The Morgan fingerprint density at radius 3 is 2.56 bits per heavy atom. The van der Waals surface area contributed by atoms with Crippen LogP contribution in [0.5, 0.6) is 0 Å². The van der Waals surface area contributed by atoms with Crippen LogP contribution in [0.2, 0.25) is 0 Å². The Morgan fingerprint density at radius 2 is 2.11 bits per heavy atom. The van der Waals surface area contributed by atoms with Crippen LogP contribution >= 0.6 is 23.8 Å². The zero-order chi connectivity index (χ0) is 13.9. The smallest absolute Gasteiger partial charge is 0.267 e. The zero-order valence-electron chi connectivity index (χ0n) is 11.1. The normalized spacial score (nSPS) is 11.3. The lowest BCUT2D eigenvalue weighted by Gasteiger charge is -2.22. The van der Waals surface area contributed by atoms with Gasteiger partial charge in [0.25, 0.3) is 5.91 Å². The standard InChI is InChI=1S/C11H18N4OS2/c1-5-15(6-7(12)17)10(16)8-9(11(2,3)4)13-14-18-8/h5-6H2,1-4H3,(H2,12,17). The highest BCUT2D eigenvalue weighted by atomic mass is 32.1. The average molecular weight is 286 g/mol. The number of nitrogens with zero attached hydrogens (tertiary/aromatic N) is 3. The Hall–Kier alpha value is -1.08. The number of amides is 1. The highest BCUT2D eigenvalue weighted by molar-refractivity contribution is 7.80. The molecule has 0 bridgehead atoms. The van der Waals surface area contributed by atoms with Crippen LogP contribution in [-0.4, -0.2) is 38.5 Å². The van der Waals surface area contributed by atoms with Gasteiger partial charge in [0.15, 0.2) is 0 Å².